The van der Waals surface area contributed by atoms with Crippen LogP contribution in [-0.2, 0) is 11.2 Å². The topological polar surface area (TPSA) is 66.8 Å². The summed E-state index contributed by atoms with van der Waals surface area (Å²) in [5, 5.41) is 19.5. The van der Waals surface area contributed by atoms with E-state index in [-0.39, 0.29) is 18.0 Å². The van der Waals surface area contributed by atoms with Crippen molar-refractivity contribution >= 4 is 5.78 Å². The molecule has 0 bridgehead atoms. The van der Waals surface area contributed by atoms with Crippen LogP contribution in [-0.4, -0.2) is 29.2 Å². The van der Waals surface area contributed by atoms with E-state index in [1.54, 1.807) is 18.2 Å². The zero-order valence-corrected chi connectivity index (χ0v) is 16.4. The second-order valence-corrected chi connectivity index (χ2v) is 6.11. The monoisotopic (exact) mass is 352 g/mol. The number of methoxy groups -OCH3 is 1. The van der Waals surface area contributed by atoms with Gasteiger partial charge in [0.2, 0.25) is 0 Å². The van der Waals surface area contributed by atoms with Gasteiger partial charge in [-0.3, -0.25) is 4.79 Å². The van der Waals surface area contributed by atoms with Crippen LogP contribution >= 0.6 is 0 Å². The first-order chi connectivity index (χ1) is 12.1. The van der Waals surface area contributed by atoms with Gasteiger partial charge in [-0.05, 0) is 30.5 Å². The maximum absolute atomic E-state index is 11.9. The van der Waals surface area contributed by atoms with Gasteiger partial charge in [-0.2, -0.15) is 0 Å². The van der Waals surface area contributed by atoms with Gasteiger partial charge < -0.3 is 14.9 Å². The molecule has 0 spiro atoms. The Morgan fingerprint density at radius 1 is 1.16 bits per heavy atom. The van der Waals surface area contributed by atoms with Crippen LogP contribution in [0, 0.1) is 0 Å². The summed E-state index contributed by atoms with van der Waals surface area (Å²) in [7, 11) is 1.50. The number of benzene rings is 1. The van der Waals surface area contributed by atoms with Gasteiger partial charge in [0, 0.05) is 12.8 Å². The Kier molecular flexibility index (Phi) is 13.8. The number of aryl methyl sites for hydroxylation is 1. The Hall–Kier alpha value is -1.55. The van der Waals surface area contributed by atoms with Crippen molar-refractivity contribution in [1.29, 1.82) is 0 Å². The van der Waals surface area contributed by atoms with Crippen molar-refractivity contribution in [3.63, 3.8) is 0 Å². The molecule has 2 N–H and O–H groups in total. The molecule has 0 radical (unpaired) electrons. The molecule has 0 saturated carbocycles. The number of carbonyl (C=O) groups excluding carboxylic acids is 1. The number of aliphatic hydroxyl groups excluding tert-OH is 1. The van der Waals surface area contributed by atoms with E-state index in [2.05, 4.69) is 6.92 Å². The number of carbonyl (C=O) groups is 1. The van der Waals surface area contributed by atoms with E-state index in [9.17, 15) is 15.0 Å². The van der Waals surface area contributed by atoms with Crippen LogP contribution in [0.25, 0.3) is 0 Å². The van der Waals surface area contributed by atoms with Gasteiger partial charge in [-0.1, -0.05) is 58.9 Å². The summed E-state index contributed by atoms with van der Waals surface area (Å²) in [6, 6.07) is 5.10. The van der Waals surface area contributed by atoms with Crippen molar-refractivity contribution in [2.45, 2.75) is 84.7 Å². The Bertz CT molecular complexity index is 471. The summed E-state index contributed by atoms with van der Waals surface area (Å²) in [6.45, 7) is 6.18. The number of rotatable bonds is 12. The maximum atomic E-state index is 11.9. The number of hydrogen-bond acceptors (Lipinski definition) is 4. The Morgan fingerprint density at radius 2 is 1.84 bits per heavy atom. The molecule has 25 heavy (non-hydrogen) atoms. The standard InChI is InChI=1S/C19H30O4.C2H6/c1-3-4-5-6-7-8-16(20)14-17(21)11-9-15-10-12-18(22)19(13-15)23-2;1-2/h10,12-13,16,20,22H,3-9,11,14H2,1-2H3;1-2H3. The maximum Gasteiger partial charge on any atom is 0.160 e. The summed E-state index contributed by atoms with van der Waals surface area (Å²) in [5.74, 6) is 0.598. The summed E-state index contributed by atoms with van der Waals surface area (Å²) < 4.78 is 5.05. The number of aromatic hydroxyl groups is 1. The van der Waals surface area contributed by atoms with Gasteiger partial charge in [-0.25, -0.2) is 0 Å². The van der Waals surface area contributed by atoms with E-state index >= 15 is 0 Å². The van der Waals surface area contributed by atoms with Crippen LogP contribution in [0.1, 0.15) is 77.7 Å². The smallest absolute Gasteiger partial charge is 0.160 e. The fourth-order valence-corrected chi connectivity index (χ4v) is 2.61. The zero-order valence-electron chi connectivity index (χ0n) is 16.4. The molecule has 0 aliphatic carbocycles. The molecule has 1 rings (SSSR count). The number of aliphatic hydroxyl groups is 1. The Balaban J connectivity index is 0.00000277. The van der Waals surface area contributed by atoms with Gasteiger partial charge >= 0.3 is 0 Å². The summed E-state index contributed by atoms with van der Waals surface area (Å²) in [6.07, 6.45) is 7.22. The van der Waals surface area contributed by atoms with Gasteiger partial charge in [0.25, 0.3) is 0 Å². The highest BCUT2D eigenvalue weighted by molar-refractivity contribution is 5.79. The molecule has 4 heteroatoms. The van der Waals surface area contributed by atoms with Crippen LogP contribution < -0.4 is 4.74 Å². The predicted molar refractivity (Wildman–Crippen MR) is 103 cm³/mol. The van der Waals surface area contributed by atoms with E-state index < -0.39 is 6.10 Å². The van der Waals surface area contributed by atoms with Crippen molar-refractivity contribution in [2.24, 2.45) is 0 Å². The van der Waals surface area contributed by atoms with E-state index in [4.69, 9.17) is 4.74 Å². The molecule has 0 heterocycles. The van der Waals surface area contributed by atoms with Crippen molar-refractivity contribution < 1.29 is 19.7 Å². The molecular formula is C21H36O4. The van der Waals surface area contributed by atoms with Gasteiger partial charge in [0.1, 0.15) is 5.78 Å². The van der Waals surface area contributed by atoms with Crippen LogP contribution in [0.3, 0.4) is 0 Å². The molecule has 0 fully saturated rings. The van der Waals surface area contributed by atoms with Crippen LogP contribution in [0.15, 0.2) is 18.2 Å². The molecule has 1 aromatic rings. The minimum absolute atomic E-state index is 0.0816. The largest absolute Gasteiger partial charge is 0.504 e. The van der Waals surface area contributed by atoms with Gasteiger partial charge in [-0.15, -0.1) is 0 Å². The molecule has 1 atom stereocenters. The van der Waals surface area contributed by atoms with Crippen molar-refractivity contribution in [2.75, 3.05) is 7.11 Å². The molecule has 1 aromatic carbocycles. The first-order valence-corrected chi connectivity index (χ1v) is 9.62. The number of hydrogen-bond donors (Lipinski definition) is 2. The SMILES string of the molecule is CC.CCCCCCCC(O)CC(=O)CCc1ccc(O)c(OC)c1. The normalized spacial score (nSPS) is 11.4. The van der Waals surface area contributed by atoms with Crippen molar-refractivity contribution in [3.05, 3.63) is 23.8 Å². The highest BCUT2D eigenvalue weighted by Crippen LogP contribution is 2.26. The van der Waals surface area contributed by atoms with Crippen LogP contribution in [0.2, 0.25) is 0 Å². The van der Waals surface area contributed by atoms with Gasteiger partial charge in [0.05, 0.1) is 13.2 Å². The summed E-state index contributed by atoms with van der Waals surface area (Å²) in [4.78, 5) is 11.9. The zero-order chi connectivity index (χ0) is 19.1. The van der Waals surface area contributed by atoms with Crippen LogP contribution in [0.5, 0.6) is 11.5 Å². The molecule has 0 saturated heterocycles. The second-order valence-electron chi connectivity index (χ2n) is 6.11. The number of ether oxygens (including phenoxy) is 1. The molecule has 4 nitrogen and oxygen atoms in total. The Morgan fingerprint density at radius 3 is 2.48 bits per heavy atom. The Labute approximate surface area is 153 Å². The minimum atomic E-state index is -0.515. The highest BCUT2D eigenvalue weighted by Gasteiger charge is 2.11. The second kappa shape index (κ2) is 14.8. The first-order valence-electron chi connectivity index (χ1n) is 9.62. The number of Topliss-reactive ketones (excluding diaryl/α,β-unsaturated/α-hetero) is 1. The lowest BCUT2D eigenvalue weighted by atomic mass is 10.0. The predicted octanol–water partition coefficient (Wildman–Crippen LogP) is 5.04. The molecule has 1 unspecified atom stereocenters. The average Bonchev–Trinajstić information content (AvgIpc) is 2.62. The van der Waals surface area contributed by atoms with Crippen molar-refractivity contribution in [3.8, 4) is 11.5 Å². The number of phenolic OH excluding ortho intramolecular Hbond substituents is 1. The van der Waals surface area contributed by atoms with Gasteiger partial charge in [0.15, 0.2) is 11.5 Å². The number of unbranched alkanes of at least 4 members (excludes halogenated alkanes) is 4. The quantitative estimate of drug-likeness (QED) is 0.517. The fourth-order valence-electron chi connectivity index (χ4n) is 2.61. The molecule has 0 aromatic heterocycles. The van der Waals surface area contributed by atoms with E-state index in [1.807, 2.05) is 13.8 Å². The lowest BCUT2D eigenvalue weighted by Gasteiger charge is -2.10. The molecule has 0 aliphatic rings. The lowest BCUT2D eigenvalue weighted by Crippen LogP contribution is -2.14. The van der Waals surface area contributed by atoms with E-state index in [0.717, 1.165) is 18.4 Å². The number of ketones is 1. The lowest BCUT2D eigenvalue weighted by molar-refractivity contribution is -0.121. The molecule has 144 valence electrons. The van der Waals surface area contributed by atoms with Crippen molar-refractivity contribution in [1.82, 2.24) is 0 Å². The highest BCUT2D eigenvalue weighted by atomic mass is 16.5. The van der Waals surface area contributed by atoms with E-state index in [1.165, 1.54) is 26.4 Å². The average molecular weight is 353 g/mol. The minimum Gasteiger partial charge on any atom is -0.504 e. The van der Waals surface area contributed by atoms with Crippen LogP contribution in [0.4, 0.5) is 0 Å². The third-order valence-corrected chi connectivity index (χ3v) is 4.04. The summed E-state index contributed by atoms with van der Waals surface area (Å²) >= 11 is 0. The first kappa shape index (κ1) is 23.4. The number of phenols is 1. The van der Waals surface area contributed by atoms with E-state index in [0.29, 0.717) is 25.0 Å². The summed E-state index contributed by atoms with van der Waals surface area (Å²) in [5.41, 5.74) is 0.946. The molecule has 0 aliphatic heterocycles. The fraction of sp³-hybridized carbons (Fsp3) is 0.667. The third kappa shape index (κ3) is 10.8. The third-order valence-electron chi connectivity index (χ3n) is 4.04. The molecular weight excluding hydrogens is 316 g/mol. The molecule has 0 amide bonds.